The van der Waals surface area contributed by atoms with E-state index in [1.54, 1.807) is 0 Å². The minimum absolute atomic E-state index is 0.0924. The van der Waals surface area contributed by atoms with E-state index in [0.29, 0.717) is 6.04 Å². The van der Waals surface area contributed by atoms with Crippen LogP contribution in [0.15, 0.2) is 30.3 Å². The molecule has 0 saturated heterocycles. The van der Waals surface area contributed by atoms with Gasteiger partial charge in [-0.1, -0.05) is 24.3 Å². The molecule has 2 rings (SSSR count). The number of aliphatic hydroxyl groups is 1. The second-order valence-corrected chi connectivity index (χ2v) is 5.37. The van der Waals surface area contributed by atoms with Crippen molar-refractivity contribution in [2.75, 3.05) is 0 Å². The summed E-state index contributed by atoms with van der Waals surface area (Å²) in [5.41, 5.74) is 4.40. The van der Waals surface area contributed by atoms with Crippen LogP contribution < -0.4 is 5.32 Å². The zero-order valence-electron chi connectivity index (χ0n) is 12.4. The summed E-state index contributed by atoms with van der Waals surface area (Å²) in [6, 6.07) is 10.4. The van der Waals surface area contributed by atoms with Crippen molar-refractivity contribution in [3.05, 3.63) is 52.8 Å². The molecule has 1 aromatic heterocycles. The summed E-state index contributed by atoms with van der Waals surface area (Å²) >= 11 is 0. The van der Waals surface area contributed by atoms with Crippen LogP contribution in [0.25, 0.3) is 0 Å². The standard InChI is InChI=1S/C16H23N3O/c1-12-7-14(3)19(18-12)10-13(2)17-9-15-5-4-6-16(8-15)11-20/h4-8,13,17,20H,9-11H2,1-3H3/t13-/m1/s1. The van der Waals surface area contributed by atoms with Gasteiger partial charge in [-0.05, 0) is 38.0 Å². The van der Waals surface area contributed by atoms with Crippen molar-refractivity contribution in [3.8, 4) is 0 Å². The first-order valence-corrected chi connectivity index (χ1v) is 7.01. The summed E-state index contributed by atoms with van der Waals surface area (Å²) in [4.78, 5) is 0. The molecule has 1 heterocycles. The van der Waals surface area contributed by atoms with E-state index in [4.69, 9.17) is 5.11 Å². The van der Waals surface area contributed by atoms with Crippen LogP contribution in [0.5, 0.6) is 0 Å². The fourth-order valence-corrected chi connectivity index (χ4v) is 2.31. The molecule has 0 amide bonds. The molecule has 1 atom stereocenters. The molecule has 0 bridgehead atoms. The monoisotopic (exact) mass is 273 g/mol. The molecule has 4 heteroatoms. The van der Waals surface area contributed by atoms with Crippen LogP contribution in [0.4, 0.5) is 0 Å². The quantitative estimate of drug-likeness (QED) is 0.848. The molecule has 0 aliphatic heterocycles. The minimum Gasteiger partial charge on any atom is -0.392 e. The van der Waals surface area contributed by atoms with Gasteiger partial charge >= 0.3 is 0 Å². The molecule has 20 heavy (non-hydrogen) atoms. The molecule has 0 aliphatic rings. The van der Waals surface area contributed by atoms with E-state index in [1.165, 1.54) is 11.3 Å². The lowest BCUT2D eigenvalue weighted by molar-refractivity contribution is 0.281. The van der Waals surface area contributed by atoms with Crippen LogP contribution in [0.2, 0.25) is 0 Å². The lowest BCUT2D eigenvalue weighted by atomic mass is 10.1. The molecule has 2 N–H and O–H groups in total. The van der Waals surface area contributed by atoms with E-state index in [0.717, 1.165) is 24.3 Å². The largest absolute Gasteiger partial charge is 0.392 e. The Bertz CT molecular complexity index is 563. The number of nitrogens with one attached hydrogen (secondary N) is 1. The number of nitrogens with zero attached hydrogens (tertiary/aromatic N) is 2. The maximum absolute atomic E-state index is 9.14. The summed E-state index contributed by atoms with van der Waals surface area (Å²) in [7, 11) is 0. The van der Waals surface area contributed by atoms with Crippen molar-refractivity contribution in [2.45, 2.75) is 46.5 Å². The Balaban J connectivity index is 1.88. The highest BCUT2D eigenvalue weighted by Crippen LogP contribution is 2.06. The molecule has 108 valence electrons. The lowest BCUT2D eigenvalue weighted by Crippen LogP contribution is -2.30. The Morgan fingerprint density at radius 1 is 1.25 bits per heavy atom. The van der Waals surface area contributed by atoms with Crippen molar-refractivity contribution in [2.24, 2.45) is 0 Å². The third-order valence-corrected chi connectivity index (χ3v) is 3.38. The summed E-state index contributed by atoms with van der Waals surface area (Å²) in [6.07, 6.45) is 0. The van der Waals surface area contributed by atoms with Gasteiger partial charge in [0.2, 0.25) is 0 Å². The number of aryl methyl sites for hydroxylation is 2. The molecule has 1 aromatic carbocycles. The number of aliphatic hydroxyl groups excluding tert-OH is 1. The van der Waals surface area contributed by atoms with E-state index >= 15 is 0 Å². The molecule has 0 aliphatic carbocycles. The highest BCUT2D eigenvalue weighted by atomic mass is 16.3. The van der Waals surface area contributed by atoms with Crippen LogP contribution in [0.1, 0.15) is 29.4 Å². The van der Waals surface area contributed by atoms with Crippen LogP contribution in [0, 0.1) is 13.8 Å². The van der Waals surface area contributed by atoms with Crippen molar-refractivity contribution in [1.82, 2.24) is 15.1 Å². The van der Waals surface area contributed by atoms with Gasteiger partial charge in [-0.2, -0.15) is 5.10 Å². The fraction of sp³-hybridized carbons (Fsp3) is 0.438. The zero-order valence-corrected chi connectivity index (χ0v) is 12.4. The predicted molar refractivity (Wildman–Crippen MR) is 80.4 cm³/mol. The smallest absolute Gasteiger partial charge is 0.0681 e. The minimum atomic E-state index is 0.0924. The molecular weight excluding hydrogens is 250 g/mol. The normalized spacial score (nSPS) is 12.6. The zero-order chi connectivity index (χ0) is 14.5. The molecule has 0 radical (unpaired) electrons. The highest BCUT2D eigenvalue weighted by molar-refractivity contribution is 5.22. The van der Waals surface area contributed by atoms with E-state index in [1.807, 2.05) is 29.8 Å². The first-order chi connectivity index (χ1) is 9.58. The number of hydrogen-bond acceptors (Lipinski definition) is 3. The van der Waals surface area contributed by atoms with Gasteiger partial charge in [0, 0.05) is 18.3 Å². The molecule has 4 nitrogen and oxygen atoms in total. The van der Waals surface area contributed by atoms with Crippen molar-refractivity contribution < 1.29 is 5.11 Å². The Labute approximate surface area is 120 Å². The average Bonchev–Trinajstić information content (AvgIpc) is 2.75. The summed E-state index contributed by atoms with van der Waals surface area (Å²) in [5, 5.41) is 17.1. The van der Waals surface area contributed by atoms with Gasteiger partial charge in [0.1, 0.15) is 0 Å². The third kappa shape index (κ3) is 3.92. The van der Waals surface area contributed by atoms with Crippen LogP contribution in [0.3, 0.4) is 0 Å². The number of rotatable bonds is 6. The molecule has 0 unspecified atom stereocenters. The summed E-state index contributed by atoms with van der Waals surface area (Å²) < 4.78 is 2.04. The maximum atomic E-state index is 9.14. The predicted octanol–water partition coefficient (Wildman–Crippen LogP) is 2.17. The molecule has 0 spiro atoms. The highest BCUT2D eigenvalue weighted by Gasteiger charge is 2.06. The van der Waals surface area contributed by atoms with Gasteiger partial charge < -0.3 is 10.4 Å². The second-order valence-electron chi connectivity index (χ2n) is 5.37. The van der Waals surface area contributed by atoms with Gasteiger partial charge in [0.05, 0.1) is 18.8 Å². The summed E-state index contributed by atoms with van der Waals surface area (Å²) in [6.45, 7) is 8.01. The Morgan fingerprint density at radius 3 is 2.65 bits per heavy atom. The second kappa shape index (κ2) is 6.68. The topological polar surface area (TPSA) is 50.1 Å². The van der Waals surface area contributed by atoms with Crippen LogP contribution in [-0.2, 0) is 19.7 Å². The molecule has 0 fully saturated rings. The molecule has 2 aromatic rings. The number of benzene rings is 1. The van der Waals surface area contributed by atoms with E-state index in [2.05, 4.69) is 36.4 Å². The lowest BCUT2D eigenvalue weighted by Gasteiger charge is -2.15. The van der Waals surface area contributed by atoms with Gasteiger partial charge in [-0.15, -0.1) is 0 Å². The molecular formula is C16H23N3O. The van der Waals surface area contributed by atoms with Crippen LogP contribution in [-0.4, -0.2) is 20.9 Å². The maximum Gasteiger partial charge on any atom is 0.0681 e. The third-order valence-electron chi connectivity index (χ3n) is 3.38. The van der Waals surface area contributed by atoms with Crippen molar-refractivity contribution in [3.63, 3.8) is 0 Å². The van der Waals surface area contributed by atoms with Crippen LogP contribution >= 0.6 is 0 Å². The first-order valence-electron chi connectivity index (χ1n) is 7.01. The van der Waals surface area contributed by atoms with E-state index in [-0.39, 0.29) is 6.61 Å². The summed E-state index contributed by atoms with van der Waals surface area (Å²) in [5.74, 6) is 0. The molecule has 0 saturated carbocycles. The number of aromatic nitrogens is 2. The van der Waals surface area contributed by atoms with E-state index < -0.39 is 0 Å². The van der Waals surface area contributed by atoms with Gasteiger partial charge in [0.25, 0.3) is 0 Å². The fourth-order valence-electron chi connectivity index (χ4n) is 2.31. The Kier molecular flexibility index (Phi) is 4.93. The first kappa shape index (κ1) is 14.8. The van der Waals surface area contributed by atoms with Gasteiger partial charge in [0.15, 0.2) is 0 Å². The Hall–Kier alpha value is -1.65. The van der Waals surface area contributed by atoms with Gasteiger partial charge in [-0.25, -0.2) is 0 Å². The van der Waals surface area contributed by atoms with Crippen molar-refractivity contribution in [1.29, 1.82) is 0 Å². The number of hydrogen-bond donors (Lipinski definition) is 2. The van der Waals surface area contributed by atoms with Crippen molar-refractivity contribution >= 4 is 0 Å². The van der Waals surface area contributed by atoms with E-state index in [9.17, 15) is 0 Å². The average molecular weight is 273 g/mol. The van der Waals surface area contributed by atoms with Gasteiger partial charge in [-0.3, -0.25) is 4.68 Å². The SMILES string of the molecule is Cc1cc(C)n(C[C@@H](C)NCc2cccc(CO)c2)n1. The Morgan fingerprint density at radius 2 is 2.00 bits per heavy atom.